The predicted molar refractivity (Wildman–Crippen MR) is 79.3 cm³/mol. The molecule has 18 heavy (non-hydrogen) atoms. The summed E-state index contributed by atoms with van der Waals surface area (Å²) in [6, 6.07) is 13.4. The van der Waals surface area contributed by atoms with Gasteiger partial charge in [0.2, 0.25) is 0 Å². The number of halogens is 2. The number of hydrogen-bond donors (Lipinski definition) is 2. The first-order valence-corrected chi connectivity index (χ1v) is 6.74. The molecule has 0 aliphatic heterocycles. The van der Waals surface area contributed by atoms with Crippen LogP contribution in [0.1, 0.15) is 18.5 Å². The minimum atomic E-state index is 0.0958. The third-order valence-electron chi connectivity index (χ3n) is 2.70. The van der Waals surface area contributed by atoms with Gasteiger partial charge in [0.05, 0.1) is 5.02 Å². The van der Waals surface area contributed by atoms with Crippen LogP contribution in [-0.4, -0.2) is 5.11 Å². The van der Waals surface area contributed by atoms with Crippen LogP contribution in [-0.2, 0) is 0 Å². The Morgan fingerprint density at radius 1 is 1.17 bits per heavy atom. The summed E-state index contributed by atoms with van der Waals surface area (Å²) in [4.78, 5) is 0. The number of aromatic hydroxyl groups is 1. The van der Waals surface area contributed by atoms with Gasteiger partial charge < -0.3 is 10.4 Å². The smallest absolute Gasteiger partial charge is 0.134 e. The monoisotopic (exact) mass is 325 g/mol. The van der Waals surface area contributed by atoms with E-state index in [-0.39, 0.29) is 11.8 Å². The summed E-state index contributed by atoms with van der Waals surface area (Å²) in [6.07, 6.45) is 0. The lowest BCUT2D eigenvalue weighted by atomic mass is 10.1. The van der Waals surface area contributed by atoms with E-state index >= 15 is 0 Å². The number of anilines is 1. The highest BCUT2D eigenvalue weighted by atomic mass is 79.9. The molecule has 2 N–H and O–H groups in total. The van der Waals surface area contributed by atoms with Gasteiger partial charge in [-0.15, -0.1) is 0 Å². The molecular weight excluding hydrogens is 314 g/mol. The van der Waals surface area contributed by atoms with Gasteiger partial charge in [0.15, 0.2) is 0 Å². The van der Waals surface area contributed by atoms with E-state index in [2.05, 4.69) is 40.3 Å². The average molecular weight is 327 g/mol. The van der Waals surface area contributed by atoms with Crippen LogP contribution in [0.15, 0.2) is 46.9 Å². The number of nitrogens with one attached hydrogen (secondary N) is 1. The van der Waals surface area contributed by atoms with Crippen molar-refractivity contribution < 1.29 is 5.11 Å². The molecule has 0 aliphatic carbocycles. The van der Waals surface area contributed by atoms with Crippen molar-refractivity contribution in [2.75, 3.05) is 5.32 Å². The maximum absolute atomic E-state index is 9.36. The zero-order valence-electron chi connectivity index (χ0n) is 9.82. The Hall–Kier alpha value is -1.19. The highest BCUT2D eigenvalue weighted by molar-refractivity contribution is 9.10. The molecule has 0 heterocycles. The normalized spacial score (nSPS) is 12.2. The summed E-state index contributed by atoms with van der Waals surface area (Å²) in [7, 11) is 0. The van der Waals surface area contributed by atoms with Gasteiger partial charge >= 0.3 is 0 Å². The Morgan fingerprint density at radius 2 is 1.83 bits per heavy atom. The number of phenolic OH excluding ortho intramolecular Hbond substituents is 1. The molecule has 0 amide bonds. The number of rotatable bonds is 3. The van der Waals surface area contributed by atoms with Crippen molar-refractivity contribution in [1.82, 2.24) is 0 Å². The molecule has 4 heteroatoms. The minimum Gasteiger partial charge on any atom is -0.506 e. The molecule has 0 aromatic heterocycles. The molecule has 0 aliphatic rings. The maximum atomic E-state index is 9.36. The largest absolute Gasteiger partial charge is 0.506 e. The zero-order chi connectivity index (χ0) is 13.1. The Bertz CT molecular complexity index is 542. The molecule has 1 atom stereocenters. The third kappa shape index (κ3) is 3.18. The lowest BCUT2D eigenvalue weighted by Crippen LogP contribution is -2.06. The van der Waals surface area contributed by atoms with Gasteiger partial charge in [-0.2, -0.15) is 0 Å². The summed E-state index contributed by atoms with van der Waals surface area (Å²) >= 11 is 9.28. The van der Waals surface area contributed by atoms with Crippen LogP contribution in [0.5, 0.6) is 5.75 Å². The second kappa shape index (κ2) is 5.63. The highest BCUT2D eigenvalue weighted by Gasteiger charge is 2.06. The standard InChI is InChI=1S/C14H13BrClNO/c1-9(10-2-4-11(15)5-3-10)17-12-6-7-14(18)13(16)8-12/h2-9,17-18H,1H3. The first-order valence-electron chi connectivity index (χ1n) is 5.57. The summed E-state index contributed by atoms with van der Waals surface area (Å²) in [5, 5.41) is 13.0. The van der Waals surface area contributed by atoms with E-state index in [9.17, 15) is 5.11 Å². The molecule has 1 unspecified atom stereocenters. The van der Waals surface area contributed by atoms with Crippen molar-refractivity contribution in [2.45, 2.75) is 13.0 Å². The van der Waals surface area contributed by atoms with E-state index in [1.165, 1.54) is 5.56 Å². The van der Waals surface area contributed by atoms with E-state index < -0.39 is 0 Å². The molecule has 0 saturated heterocycles. The summed E-state index contributed by atoms with van der Waals surface area (Å²) in [5.74, 6) is 0.0958. The lowest BCUT2D eigenvalue weighted by molar-refractivity contribution is 0.475. The van der Waals surface area contributed by atoms with E-state index in [0.29, 0.717) is 5.02 Å². The molecule has 0 bridgehead atoms. The molecule has 0 fully saturated rings. The molecule has 2 nitrogen and oxygen atoms in total. The molecule has 2 aromatic rings. The van der Waals surface area contributed by atoms with E-state index in [1.54, 1.807) is 18.2 Å². The van der Waals surface area contributed by atoms with Gasteiger partial charge in [-0.1, -0.05) is 39.7 Å². The number of phenols is 1. The fraction of sp³-hybridized carbons (Fsp3) is 0.143. The van der Waals surface area contributed by atoms with E-state index in [1.807, 2.05) is 12.1 Å². The van der Waals surface area contributed by atoms with Gasteiger partial charge in [0, 0.05) is 16.2 Å². The van der Waals surface area contributed by atoms with Gasteiger partial charge in [-0.25, -0.2) is 0 Å². The first-order chi connectivity index (χ1) is 8.56. The fourth-order valence-electron chi connectivity index (χ4n) is 1.68. The van der Waals surface area contributed by atoms with Gasteiger partial charge in [-0.05, 0) is 42.8 Å². The Labute approximate surface area is 120 Å². The molecule has 0 saturated carbocycles. The van der Waals surface area contributed by atoms with Crippen LogP contribution in [0.25, 0.3) is 0 Å². The Morgan fingerprint density at radius 3 is 2.44 bits per heavy atom. The second-order valence-corrected chi connectivity index (χ2v) is 5.41. The van der Waals surface area contributed by atoms with Gasteiger partial charge in [-0.3, -0.25) is 0 Å². The molecule has 2 rings (SSSR count). The van der Waals surface area contributed by atoms with Crippen LogP contribution < -0.4 is 5.32 Å². The lowest BCUT2D eigenvalue weighted by Gasteiger charge is -2.16. The van der Waals surface area contributed by atoms with Crippen molar-refractivity contribution in [3.8, 4) is 5.75 Å². The predicted octanol–water partition coefficient (Wildman–Crippen LogP) is 4.98. The average Bonchev–Trinajstić information content (AvgIpc) is 2.34. The van der Waals surface area contributed by atoms with Crippen molar-refractivity contribution >= 4 is 33.2 Å². The van der Waals surface area contributed by atoms with Crippen molar-refractivity contribution in [2.24, 2.45) is 0 Å². The van der Waals surface area contributed by atoms with E-state index in [0.717, 1.165) is 10.2 Å². The van der Waals surface area contributed by atoms with Gasteiger partial charge in [0.25, 0.3) is 0 Å². The quantitative estimate of drug-likeness (QED) is 0.780. The molecule has 0 radical (unpaired) electrons. The van der Waals surface area contributed by atoms with Crippen LogP contribution in [0.4, 0.5) is 5.69 Å². The van der Waals surface area contributed by atoms with Crippen molar-refractivity contribution in [3.05, 3.63) is 57.5 Å². The van der Waals surface area contributed by atoms with E-state index in [4.69, 9.17) is 11.6 Å². The SMILES string of the molecule is CC(Nc1ccc(O)c(Cl)c1)c1ccc(Br)cc1. The van der Waals surface area contributed by atoms with Crippen molar-refractivity contribution in [3.63, 3.8) is 0 Å². The summed E-state index contributed by atoms with van der Waals surface area (Å²) in [6.45, 7) is 2.07. The van der Waals surface area contributed by atoms with Crippen LogP contribution in [0.2, 0.25) is 5.02 Å². The Balaban J connectivity index is 2.13. The summed E-state index contributed by atoms with van der Waals surface area (Å²) < 4.78 is 1.06. The first kappa shape index (κ1) is 13.2. The third-order valence-corrected chi connectivity index (χ3v) is 3.53. The summed E-state index contributed by atoms with van der Waals surface area (Å²) in [5.41, 5.74) is 2.07. The topological polar surface area (TPSA) is 32.3 Å². The van der Waals surface area contributed by atoms with Crippen LogP contribution in [0.3, 0.4) is 0 Å². The number of benzene rings is 2. The fourth-order valence-corrected chi connectivity index (χ4v) is 2.13. The molecule has 0 spiro atoms. The molecule has 2 aromatic carbocycles. The van der Waals surface area contributed by atoms with Crippen LogP contribution >= 0.6 is 27.5 Å². The molecular formula is C14H13BrClNO. The maximum Gasteiger partial charge on any atom is 0.134 e. The van der Waals surface area contributed by atoms with Gasteiger partial charge in [0.1, 0.15) is 5.75 Å². The number of hydrogen-bond acceptors (Lipinski definition) is 2. The minimum absolute atomic E-state index is 0.0958. The van der Waals surface area contributed by atoms with Crippen molar-refractivity contribution in [1.29, 1.82) is 0 Å². The second-order valence-electron chi connectivity index (χ2n) is 4.08. The highest BCUT2D eigenvalue weighted by Crippen LogP contribution is 2.28. The Kier molecular flexibility index (Phi) is 4.15. The molecule has 94 valence electrons. The zero-order valence-corrected chi connectivity index (χ0v) is 12.2. The van der Waals surface area contributed by atoms with Crippen LogP contribution in [0, 0.1) is 0 Å².